The van der Waals surface area contributed by atoms with E-state index in [4.69, 9.17) is 4.74 Å². The summed E-state index contributed by atoms with van der Waals surface area (Å²) in [4.78, 5) is 31.7. The van der Waals surface area contributed by atoms with Crippen LogP contribution in [-0.4, -0.2) is 62.6 Å². The SMILES string of the molecule is COc1ccccc1N1CCN(CC(=O)N2c3ccccc3NC(=O)C[C@@H]2C)CC1. The first-order valence-electron chi connectivity index (χ1n) is 10.4. The summed E-state index contributed by atoms with van der Waals surface area (Å²) in [6.07, 6.45) is 0.294. The molecule has 30 heavy (non-hydrogen) atoms. The van der Waals surface area contributed by atoms with Crippen molar-refractivity contribution in [2.75, 3.05) is 55.0 Å². The number of ether oxygens (including phenoxy) is 1. The van der Waals surface area contributed by atoms with Crippen molar-refractivity contribution in [1.29, 1.82) is 0 Å². The number of carbonyl (C=O) groups is 2. The summed E-state index contributed by atoms with van der Waals surface area (Å²) in [5, 5.41) is 2.91. The fraction of sp³-hybridized carbons (Fsp3) is 0.391. The first-order chi connectivity index (χ1) is 14.6. The number of nitrogens with one attached hydrogen (secondary N) is 1. The van der Waals surface area contributed by atoms with Crippen LogP contribution in [0.25, 0.3) is 0 Å². The zero-order valence-corrected chi connectivity index (χ0v) is 17.5. The van der Waals surface area contributed by atoms with E-state index in [1.54, 1.807) is 12.0 Å². The molecule has 2 heterocycles. The van der Waals surface area contributed by atoms with E-state index in [1.165, 1.54) is 0 Å². The predicted molar refractivity (Wildman–Crippen MR) is 118 cm³/mol. The molecule has 7 heteroatoms. The average molecular weight is 409 g/mol. The van der Waals surface area contributed by atoms with E-state index < -0.39 is 0 Å². The van der Waals surface area contributed by atoms with Gasteiger partial charge in [-0.3, -0.25) is 14.5 Å². The number of piperazine rings is 1. The van der Waals surface area contributed by atoms with Crippen LogP contribution in [0.5, 0.6) is 5.75 Å². The van der Waals surface area contributed by atoms with Crippen LogP contribution in [0.15, 0.2) is 48.5 Å². The maximum Gasteiger partial charge on any atom is 0.241 e. The first-order valence-corrected chi connectivity index (χ1v) is 10.4. The van der Waals surface area contributed by atoms with Gasteiger partial charge in [0.05, 0.1) is 30.7 Å². The number of nitrogens with zero attached hydrogens (tertiary/aromatic N) is 3. The third-order valence-corrected chi connectivity index (χ3v) is 5.78. The lowest BCUT2D eigenvalue weighted by molar-refractivity contribution is -0.120. The van der Waals surface area contributed by atoms with Gasteiger partial charge in [-0.1, -0.05) is 24.3 Å². The summed E-state index contributed by atoms with van der Waals surface area (Å²) in [7, 11) is 1.69. The third-order valence-electron chi connectivity index (χ3n) is 5.78. The highest BCUT2D eigenvalue weighted by Crippen LogP contribution is 2.32. The molecule has 2 amide bonds. The van der Waals surface area contributed by atoms with E-state index in [9.17, 15) is 9.59 Å². The molecule has 2 aromatic rings. The lowest BCUT2D eigenvalue weighted by Crippen LogP contribution is -2.51. The van der Waals surface area contributed by atoms with Gasteiger partial charge in [-0.2, -0.15) is 0 Å². The second-order valence-electron chi connectivity index (χ2n) is 7.82. The molecule has 0 aliphatic carbocycles. The Morgan fingerprint density at radius 3 is 2.43 bits per heavy atom. The molecule has 1 atom stereocenters. The molecule has 158 valence electrons. The number of amides is 2. The number of para-hydroxylation sites is 4. The van der Waals surface area contributed by atoms with Crippen molar-refractivity contribution in [3.05, 3.63) is 48.5 Å². The molecule has 0 aromatic heterocycles. The van der Waals surface area contributed by atoms with Crippen molar-refractivity contribution < 1.29 is 14.3 Å². The van der Waals surface area contributed by atoms with Gasteiger partial charge in [-0.25, -0.2) is 0 Å². The Balaban J connectivity index is 1.43. The Labute approximate surface area is 177 Å². The van der Waals surface area contributed by atoms with E-state index in [0.717, 1.165) is 43.3 Å². The van der Waals surface area contributed by atoms with Crippen molar-refractivity contribution >= 4 is 28.9 Å². The monoisotopic (exact) mass is 408 g/mol. The van der Waals surface area contributed by atoms with Crippen molar-refractivity contribution in [2.45, 2.75) is 19.4 Å². The third kappa shape index (κ3) is 4.11. The van der Waals surface area contributed by atoms with Crippen LogP contribution in [0.4, 0.5) is 17.1 Å². The summed E-state index contributed by atoms with van der Waals surface area (Å²) in [5.41, 5.74) is 2.56. The summed E-state index contributed by atoms with van der Waals surface area (Å²) in [6, 6.07) is 15.4. The van der Waals surface area contributed by atoms with E-state index >= 15 is 0 Å². The van der Waals surface area contributed by atoms with Gasteiger partial charge in [0, 0.05) is 38.6 Å². The molecule has 2 aliphatic heterocycles. The van der Waals surface area contributed by atoms with E-state index in [-0.39, 0.29) is 17.9 Å². The number of carbonyl (C=O) groups excluding carboxylic acids is 2. The van der Waals surface area contributed by atoms with Gasteiger partial charge < -0.3 is 19.9 Å². The Bertz CT molecular complexity index is 924. The predicted octanol–water partition coefficient (Wildman–Crippen LogP) is 2.58. The van der Waals surface area contributed by atoms with Gasteiger partial charge >= 0.3 is 0 Å². The molecule has 1 N–H and O–H groups in total. The molecule has 0 spiro atoms. The fourth-order valence-corrected chi connectivity index (χ4v) is 4.27. The molecular formula is C23H28N4O3. The minimum atomic E-state index is -0.184. The number of anilines is 3. The molecule has 7 nitrogen and oxygen atoms in total. The standard InChI is InChI=1S/C23H28N4O3/c1-17-15-22(28)24-18-7-3-4-8-19(18)27(17)23(29)16-25-11-13-26(14-12-25)20-9-5-6-10-21(20)30-2/h3-10,17H,11-16H2,1-2H3,(H,24,28)/t17-/m0/s1. The lowest BCUT2D eigenvalue weighted by atomic mass is 10.1. The number of methoxy groups -OCH3 is 1. The Morgan fingerprint density at radius 2 is 1.70 bits per heavy atom. The minimum Gasteiger partial charge on any atom is -0.495 e. The number of rotatable bonds is 4. The Morgan fingerprint density at radius 1 is 1.03 bits per heavy atom. The number of hydrogen-bond acceptors (Lipinski definition) is 5. The molecular weight excluding hydrogens is 380 g/mol. The molecule has 0 unspecified atom stereocenters. The van der Waals surface area contributed by atoms with Crippen molar-refractivity contribution in [2.24, 2.45) is 0 Å². The number of fused-ring (bicyclic) bond motifs is 1. The topological polar surface area (TPSA) is 65.1 Å². The van der Waals surface area contributed by atoms with Crippen LogP contribution >= 0.6 is 0 Å². The zero-order valence-electron chi connectivity index (χ0n) is 17.5. The van der Waals surface area contributed by atoms with Crippen LogP contribution in [0.1, 0.15) is 13.3 Å². The second kappa shape index (κ2) is 8.75. The van der Waals surface area contributed by atoms with E-state index in [2.05, 4.69) is 21.2 Å². The second-order valence-corrected chi connectivity index (χ2v) is 7.82. The Kier molecular flexibility index (Phi) is 5.90. The summed E-state index contributed by atoms with van der Waals surface area (Å²) in [5.74, 6) is 0.835. The molecule has 0 saturated carbocycles. The largest absolute Gasteiger partial charge is 0.495 e. The molecule has 4 rings (SSSR count). The van der Waals surface area contributed by atoms with Crippen molar-refractivity contribution in [1.82, 2.24) is 4.90 Å². The quantitative estimate of drug-likeness (QED) is 0.843. The lowest BCUT2D eigenvalue weighted by Gasteiger charge is -2.37. The maximum atomic E-state index is 13.3. The number of hydrogen-bond donors (Lipinski definition) is 1. The highest BCUT2D eigenvalue weighted by molar-refractivity contribution is 6.04. The summed E-state index contributed by atoms with van der Waals surface area (Å²) >= 11 is 0. The molecule has 2 aliphatic rings. The fourth-order valence-electron chi connectivity index (χ4n) is 4.27. The smallest absolute Gasteiger partial charge is 0.241 e. The van der Waals surface area contributed by atoms with E-state index in [0.29, 0.717) is 18.7 Å². The zero-order chi connectivity index (χ0) is 21.1. The highest BCUT2D eigenvalue weighted by Gasteiger charge is 2.31. The highest BCUT2D eigenvalue weighted by atomic mass is 16.5. The normalized spacial score (nSPS) is 19.7. The maximum absolute atomic E-state index is 13.3. The van der Waals surface area contributed by atoms with Crippen molar-refractivity contribution in [3.8, 4) is 5.75 Å². The summed E-state index contributed by atoms with van der Waals surface area (Å²) in [6.45, 7) is 5.53. The molecule has 2 aromatic carbocycles. The number of benzene rings is 2. The van der Waals surface area contributed by atoms with Gasteiger partial charge in [0.2, 0.25) is 11.8 Å². The Hall–Kier alpha value is -3.06. The van der Waals surface area contributed by atoms with Crippen LogP contribution in [0.3, 0.4) is 0 Å². The molecule has 0 bridgehead atoms. The van der Waals surface area contributed by atoms with E-state index in [1.807, 2.05) is 49.4 Å². The van der Waals surface area contributed by atoms with Crippen LogP contribution < -0.4 is 19.9 Å². The average Bonchev–Trinajstić information content (AvgIpc) is 2.88. The summed E-state index contributed by atoms with van der Waals surface area (Å²) < 4.78 is 5.49. The van der Waals surface area contributed by atoms with Crippen molar-refractivity contribution in [3.63, 3.8) is 0 Å². The van der Waals surface area contributed by atoms with Gasteiger partial charge in [0.15, 0.2) is 0 Å². The molecule has 1 saturated heterocycles. The van der Waals surface area contributed by atoms with Crippen LogP contribution in [-0.2, 0) is 9.59 Å². The van der Waals surface area contributed by atoms with Crippen LogP contribution in [0, 0.1) is 0 Å². The van der Waals surface area contributed by atoms with Crippen LogP contribution in [0.2, 0.25) is 0 Å². The molecule has 0 radical (unpaired) electrons. The van der Waals surface area contributed by atoms with Gasteiger partial charge in [0.1, 0.15) is 5.75 Å². The van der Waals surface area contributed by atoms with Gasteiger partial charge in [-0.15, -0.1) is 0 Å². The van der Waals surface area contributed by atoms with Gasteiger partial charge in [0.25, 0.3) is 0 Å². The minimum absolute atomic E-state index is 0.0252. The molecule has 1 fully saturated rings. The first kappa shape index (κ1) is 20.2. The van der Waals surface area contributed by atoms with Gasteiger partial charge in [-0.05, 0) is 31.2 Å².